The molecule has 0 fully saturated rings. The molecular weight excluding hydrogens is 408 g/mol. The van der Waals surface area contributed by atoms with Crippen LogP contribution >= 0.6 is 0 Å². The third-order valence-electron chi connectivity index (χ3n) is 6.50. The molecule has 0 spiro atoms. The predicted octanol–water partition coefficient (Wildman–Crippen LogP) is 4.55. The van der Waals surface area contributed by atoms with Gasteiger partial charge in [0.1, 0.15) is 28.7 Å². The standard InChI is InChI=1S/C26H24O6/c1-28-13-6-7-16-17(8-13)22-18-9-14(29-2)12-21(32-5)24(18)25(26(16)27)19-10-15(30-3)11-20(31-4)23(19)22/h6-12,22,25H,1-5H3. The topological polar surface area (TPSA) is 63.2 Å². The summed E-state index contributed by atoms with van der Waals surface area (Å²) in [6.07, 6.45) is 0. The van der Waals surface area contributed by atoms with Gasteiger partial charge in [-0.25, -0.2) is 0 Å². The normalized spacial score (nSPS) is 17.6. The van der Waals surface area contributed by atoms with Crippen LogP contribution in [-0.2, 0) is 0 Å². The van der Waals surface area contributed by atoms with Crippen molar-refractivity contribution >= 4 is 5.78 Å². The Bertz CT molecular complexity index is 1250. The Labute approximate surface area is 186 Å². The summed E-state index contributed by atoms with van der Waals surface area (Å²) in [5.74, 6) is 2.46. The van der Waals surface area contributed by atoms with Gasteiger partial charge in [-0.3, -0.25) is 4.79 Å². The Balaban J connectivity index is 1.95. The molecule has 3 aromatic carbocycles. The van der Waals surface area contributed by atoms with Gasteiger partial charge in [0.2, 0.25) is 0 Å². The van der Waals surface area contributed by atoms with E-state index in [1.807, 2.05) is 42.5 Å². The van der Waals surface area contributed by atoms with Gasteiger partial charge in [0, 0.05) is 34.7 Å². The van der Waals surface area contributed by atoms with Crippen molar-refractivity contribution in [1.29, 1.82) is 0 Å². The maximum Gasteiger partial charge on any atom is 0.175 e. The van der Waals surface area contributed by atoms with Crippen LogP contribution in [0.1, 0.15) is 50.0 Å². The van der Waals surface area contributed by atoms with Gasteiger partial charge in [-0.05, 0) is 47.0 Å². The minimum atomic E-state index is -0.559. The Morgan fingerprint density at radius 1 is 0.562 bits per heavy atom. The minimum Gasteiger partial charge on any atom is -0.497 e. The molecule has 0 aromatic heterocycles. The fourth-order valence-electron chi connectivity index (χ4n) is 5.11. The van der Waals surface area contributed by atoms with E-state index >= 15 is 0 Å². The summed E-state index contributed by atoms with van der Waals surface area (Å²) in [5, 5.41) is 0. The van der Waals surface area contributed by atoms with Crippen LogP contribution in [0.3, 0.4) is 0 Å². The molecule has 0 saturated carbocycles. The van der Waals surface area contributed by atoms with Crippen LogP contribution in [-0.4, -0.2) is 41.3 Å². The summed E-state index contributed by atoms with van der Waals surface area (Å²) >= 11 is 0. The molecule has 3 aliphatic carbocycles. The summed E-state index contributed by atoms with van der Waals surface area (Å²) in [5.41, 5.74) is 5.15. The number of carbonyl (C=O) groups is 1. The number of ketones is 1. The van der Waals surface area contributed by atoms with Gasteiger partial charge < -0.3 is 23.7 Å². The van der Waals surface area contributed by atoms with Crippen molar-refractivity contribution in [2.45, 2.75) is 11.8 Å². The van der Waals surface area contributed by atoms with Crippen LogP contribution in [0.25, 0.3) is 0 Å². The number of carbonyl (C=O) groups excluding carboxylic acids is 1. The molecule has 32 heavy (non-hydrogen) atoms. The number of methoxy groups -OCH3 is 5. The second-order valence-electron chi connectivity index (χ2n) is 7.85. The zero-order valence-corrected chi connectivity index (χ0v) is 18.6. The Kier molecular flexibility index (Phi) is 4.73. The van der Waals surface area contributed by atoms with Gasteiger partial charge in [0.15, 0.2) is 5.78 Å². The first-order valence-corrected chi connectivity index (χ1v) is 10.3. The van der Waals surface area contributed by atoms with E-state index in [1.165, 1.54) is 0 Å². The summed E-state index contributed by atoms with van der Waals surface area (Å²) < 4.78 is 28.2. The lowest BCUT2D eigenvalue weighted by atomic mass is 9.71. The van der Waals surface area contributed by atoms with Crippen LogP contribution < -0.4 is 23.7 Å². The van der Waals surface area contributed by atoms with Crippen molar-refractivity contribution in [2.24, 2.45) is 0 Å². The molecule has 6 heteroatoms. The highest BCUT2D eigenvalue weighted by Crippen LogP contribution is 2.58. The van der Waals surface area contributed by atoms with Crippen LogP contribution in [0.4, 0.5) is 0 Å². The summed E-state index contributed by atoms with van der Waals surface area (Å²) in [4.78, 5) is 14.0. The number of hydrogen-bond donors (Lipinski definition) is 0. The highest BCUT2D eigenvalue weighted by molar-refractivity contribution is 6.08. The molecule has 0 saturated heterocycles. The molecule has 164 valence electrons. The number of Topliss-reactive ketones (excluding diaryl/α,β-unsaturated/α-hetero) is 1. The molecule has 0 radical (unpaired) electrons. The van der Waals surface area contributed by atoms with Crippen molar-refractivity contribution < 1.29 is 28.5 Å². The highest BCUT2D eigenvalue weighted by atomic mass is 16.5. The van der Waals surface area contributed by atoms with Gasteiger partial charge in [0.05, 0.1) is 41.5 Å². The molecule has 0 heterocycles. The second kappa shape index (κ2) is 7.48. The number of hydrogen-bond acceptors (Lipinski definition) is 6. The summed E-state index contributed by atoms with van der Waals surface area (Å²) in [6.45, 7) is 0. The molecule has 2 bridgehead atoms. The maximum absolute atomic E-state index is 14.0. The molecule has 0 N–H and O–H groups in total. The molecule has 6 rings (SSSR count). The molecule has 3 aliphatic rings. The predicted molar refractivity (Wildman–Crippen MR) is 119 cm³/mol. The lowest BCUT2D eigenvalue weighted by molar-refractivity contribution is 0.0973. The van der Waals surface area contributed by atoms with Gasteiger partial charge in [-0.1, -0.05) is 0 Å². The largest absolute Gasteiger partial charge is 0.497 e. The maximum atomic E-state index is 14.0. The number of rotatable bonds is 5. The molecule has 0 amide bonds. The number of ether oxygens (including phenoxy) is 5. The van der Waals surface area contributed by atoms with Crippen molar-refractivity contribution in [3.63, 3.8) is 0 Å². The Morgan fingerprint density at radius 2 is 1.06 bits per heavy atom. The third kappa shape index (κ3) is 2.68. The molecule has 2 atom stereocenters. The van der Waals surface area contributed by atoms with E-state index in [9.17, 15) is 4.79 Å². The van der Waals surface area contributed by atoms with E-state index in [0.717, 1.165) is 27.8 Å². The van der Waals surface area contributed by atoms with Crippen LogP contribution in [0, 0.1) is 0 Å². The third-order valence-corrected chi connectivity index (χ3v) is 6.50. The molecular formula is C26H24O6. The second-order valence-corrected chi connectivity index (χ2v) is 7.85. The fourth-order valence-corrected chi connectivity index (χ4v) is 5.11. The van der Waals surface area contributed by atoms with E-state index in [4.69, 9.17) is 23.7 Å². The van der Waals surface area contributed by atoms with Crippen molar-refractivity contribution in [3.8, 4) is 28.7 Å². The van der Waals surface area contributed by atoms with Gasteiger partial charge in [0.25, 0.3) is 0 Å². The molecule has 6 nitrogen and oxygen atoms in total. The fraction of sp³-hybridized carbons (Fsp3) is 0.269. The summed E-state index contributed by atoms with van der Waals surface area (Å²) in [6, 6.07) is 13.2. The average molecular weight is 432 g/mol. The summed E-state index contributed by atoms with van der Waals surface area (Å²) in [7, 11) is 8.10. The zero-order chi connectivity index (χ0) is 22.6. The highest BCUT2D eigenvalue weighted by Gasteiger charge is 2.46. The number of benzene rings is 3. The van der Waals surface area contributed by atoms with E-state index in [0.29, 0.717) is 34.3 Å². The lowest BCUT2D eigenvalue weighted by Gasteiger charge is -2.33. The first kappa shape index (κ1) is 20.2. The molecule has 3 aromatic rings. The molecule has 2 unspecified atom stereocenters. The Morgan fingerprint density at radius 3 is 1.59 bits per heavy atom. The zero-order valence-electron chi connectivity index (χ0n) is 18.6. The van der Waals surface area contributed by atoms with Crippen molar-refractivity contribution in [1.82, 2.24) is 0 Å². The lowest BCUT2D eigenvalue weighted by Crippen LogP contribution is -2.21. The van der Waals surface area contributed by atoms with E-state index < -0.39 is 5.92 Å². The van der Waals surface area contributed by atoms with Crippen LogP contribution in [0.2, 0.25) is 0 Å². The van der Waals surface area contributed by atoms with Gasteiger partial charge in [-0.15, -0.1) is 0 Å². The van der Waals surface area contributed by atoms with Crippen LogP contribution in [0.15, 0.2) is 42.5 Å². The van der Waals surface area contributed by atoms with Crippen molar-refractivity contribution in [2.75, 3.05) is 35.5 Å². The van der Waals surface area contributed by atoms with Crippen molar-refractivity contribution in [3.05, 3.63) is 75.8 Å². The first-order valence-electron chi connectivity index (χ1n) is 10.3. The quantitative estimate of drug-likeness (QED) is 0.589. The molecule has 0 aliphatic heterocycles. The first-order chi connectivity index (χ1) is 15.6. The van der Waals surface area contributed by atoms with Crippen LogP contribution in [0.5, 0.6) is 28.7 Å². The van der Waals surface area contributed by atoms with E-state index in [2.05, 4.69) is 0 Å². The Hall–Kier alpha value is -3.67. The van der Waals surface area contributed by atoms with E-state index in [1.54, 1.807) is 35.5 Å². The minimum absolute atomic E-state index is 0.00364. The van der Waals surface area contributed by atoms with Gasteiger partial charge >= 0.3 is 0 Å². The van der Waals surface area contributed by atoms with E-state index in [-0.39, 0.29) is 11.7 Å². The monoisotopic (exact) mass is 432 g/mol. The smallest absolute Gasteiger partial charge is 0.175 e. The van der Waals surface area contributed by atoms with Gasteiger partial charge in [-0.2, -0.15) is 0 Å². The average Bonchev–Trinajstić information content (AvgIpc) is 3.01. The SMILES string of the molecule is COc1cc(OC)c2c(c1)C1C(=O)c3ccc(OC)cc3C2c2cc(OC)cc(OC)c21.